The quantitative estimate of drug-likeness (QED) is 0.388. The van der Waals surface area contributed by atoms with Gasteiger partial charge in [-0.1, -0.05) is 0 Å². The lowest BCUT2D eigenvalue weighted by atomic mass is 10.1. The number of rotatable bonds is 10. The molecule has 0 spiro atoms. The fourth-order valence-corrected chi connectivity index (χ4v) is 4.88. The molecular formula is C26H32F6N4O3. The van der Waals surface area contributed by atoms with E-state index in [0.29, 0.717) is 50.3 Å². The lowest BCUT2D eigenvalue weighted by Gasteiger charge is -2.38. The minimum Gasteiger partial charge on any atom is -0.489 e. The molecule has 4 atom stereocenters. The molecule has 2 aromatic heterocycles. The summed E-state index contributed by atoms with van der Waals surface area (Å²) < 4.78 is 100. The van der Waals surface area contributed by atoms with E-state index in [2.05, 4.69) is 9.97 Å². The predicted molar refractivity (Wildman–Crippen MR) is 129 cm³/mol. The molecule has 7 nitrogen and oxygen atoms in total. The topological polar surface area (TPSA) is 60.0 Å². The van der Waals surface area contributed by atoms with Gasteiger partial charge in [0.2, 0.25) is 0 Å². The molecule has 2 saturated heterocycles. The highest BCUT2D eigenvalue weighted by molar-refractivity contribution is 5.18. The lowest BCUT2D eigenvalue weighted by molar-refractivity contribution is -0.291. The molecule has 2 unspecified atom stereocenters. The minimum absolute atomic E-state index is 0.148. The SMILES string of the molecule is FC(F)(F)C(CN1CCC[C@H](Oc2ccncc2)C1)OC(CN1CCC[C@H](Oc2ccncc2)C1)C(F)(F)F. The second-order valence-corrected chi connectivity index (χ2v) is 9.85. The Morgan fingerprint density at radius 3 is 1.44 bits per heavy atom. The number of pyridine rings is 2. The molecular weight excluding hydrogens is 530 g/mol. The van der Waals surface area contributed by atoms with E-state index < -0.39 is 37.7 Å². The highest BCUT2D eigenvalue weighted by Crippen LogP contribution is 2.32. The van der Waals surface area contributed by atoms with Gasteiger partial charge in [0.15, 0.2) is 12.2 Å². The molecule has 216 valence electrons. The van der Waals surface area contributed by atoms with Crippen LogP contribution in [0, 0.1) is 0 Å². The molecule has 2 fully saturated rings. The van der Waals surface area contributed by atoms with Crippen molar-refractivity contribution in [1.29, 1.82) is 0 Å². The Morgan fingerprint density at radius 2 is 1.08 bits per heavy atom. The van der Waals surface area contributed by atoms with Crippen molar-refractivity contribution in [2.45, 2.75) is 62.5 Å². The van der Waals surface area contributed by atoms with E-state index in [-0.39, 0.29) is 25.3 Å². The maximum Gasteiger partial charge on any atom is 0.415 e. The van der Waals surface area contributed by atoms with E-state index in [1.165, 1.54) is 34.6 Å². The number of halogens is 6. The maximum absolute atomic E-state index is 14.0. The van der Waals surface area contributed by atoms with Gasteiger partial charge < -0.3 is 14.2 Å². The number of alkyl halides is 6. The third kappa shape index (κ3) is 9.21. The van der Waals surface area contributed by atoms with E-state index in [1.54, 1.807) is 24.3 Å². The summed E-state index contributed by atoms with van der Waals surface area (Å²) in [7, 11) is 0. The Kier molecular flexibility index (Phi) is 9.89. The zero-order valence-corrected chi connectivity index (χ0v) is 21.3. The van der Waals surface area contributed by atoms with Crippen LogP contribution in [0.3, 0.4) is 0 Å². The van der Waals surface area contributed by atoms with Gasteiger partial charge in [-0.2, -0.15) is 26.3 Å². The van der Waals surface area contributed by atoms with Crippen LogP contribution >= 0.6 is 0 Å². The van der Waals surface area contributed by atoms with Gasteiger partial charge in [0.1, 0.15) is 23.7 Å². The van der Waals surface area contributed by atoms with Crippen molar-refractivity contribution in [3.8, 4) is 11.5 Å². The van der Waals surface area contributed by atoms with Crippen LogP contribution in [0.15, 0.2) is 49.1 Å². The van der Waals surface area contributed by atoms with E-state index in [4.69, 9.17) is 14.2 Å². The largest absolute Gasteiger partial charge is 0.489 e. The van der Waals surface area contributed by atoms with Crippen LogP contribution < -0.4 is 9.47 Å². The van der Waals surface area contributed by atoms with Crippen molar-refractivity contribution in [1.82, 2.24) is 19.8 Å². The van der Waals surface area contributed by atoms with Crippen molar-refractivity contribution in [3.05, 3.63) is 49.1 Å². The maximum atomic E-state index is 14.0. The molecule has 39 heavy (non-hydrogen) atoms. The zero-order valence-electron chi connectivity index (χ0n) is 21.3. The van der Waals surface area contributed by atoms with Crippen LogP contribution in [0.1, 0.15) is 25.7 Å². The molecule has 0 aromatic carbocycles. The first kappa shape index (κ1) is 29.3. The average molecular weight is 563 g/mol. The van der Waals surface area contributed by atoms with E-state index in [0.717, 1.165) is 0 Å². The molecule has 0 radical (unpaired) electrons. The Morgan fingerprint density at radius 1 is 0.692 bits per heavy atom. The van der Waals surface area contributed by atoms with Crippen LogP contribution in [-0.2, 0) is 4.74 Å². The predicted octanol–water partition coefficient (Wildman–Crippen LogP) is 4.74. The van der Waals surface area contributed by atoms with E-state index >= 15 is 0 Å². The molecule has 13 heteroatoms. The van der Waals surface area contributed by atoms with Crippen molar-refractivity contribution in [3.63, 3.8) is 0 Å². The number of ether oxygens (including phenoxy) is 3. The van der Waals surface area contributed by atoms with Gasteiger partial charge in [-0.15, -0.1) is 0 Å². The highest BCUT2D eigenvalue weighted by Gasteiger charge is 2.50. The summed E-state index contributed by atoms with van der Waals surface area (Å²) in [5.74, 6) is 1.07. The Bertz CT molecular complexity index is 919. The van der Waals surface area contributed by atoms with Crippen LogP contribution in [-0.4, -0.2) is 95.8 Å². The van der Waals surface area contributed by atoms with Crippen molar-refractivity contribution in [2.75, 3.05) is 39.3 Å². The van der Waals surface area contributed by atoms with Gasteiger partial charge in [-0.05, 0) is 63.0 Å². The fourth-order valence-electron chi connectivity index (χ4n) is 4.88. The number of hydrogen-bond donors (Lipinski definition) is 0. The molecule has 0 aliphatic carbocycles. The molecule has 4 rings (SSSR count). The first-order valence-electron chi connectivity index (χ1n) is 12.9. The van der Waals surface area contributed by atoms with E-state index in [1.807, 2.05) is 0 Å². The number of aromatic nitrogens is 2. The third-order valence-electron chi connectivity index (χ3n) is 6.74. The molecule has 2 aliphatic rings. The summed E-state index contributed by atoms with van der Waals surface area (Å²) in [5.41, 5.74) is 0. The zero-order chi connectivity index (χ0) is 27.9. The normalized spacial score (nSPS) is 23.2. The van der Waals surface area contributed by atoms with Crippen molar-refractivity contribution in [2.24, 2.45) is 0 Å². The second-order valence-electron chi connectivity index (χ2n) is 9.85. The summed E-state index contributed by atoms with van der Waals surface area (Å²) in [6.07, 6.45) is -7.42. The monoisotopic (exact) mass is 562 g/mol. The first-order valence-corrected chi connectivity index (χ1v) is 12.9. The van der Waals surface area contributed by atoms with Crippen LogP contribution in [0.4, 0.5) is 26.3 Å². The highest BCUT2D eigenvalue weighted by atomic mass is 19.4. The standard InChI is InChI=1S/C26H32F6N4O3/c27-25(28,29)23(17-35-13-1-3-21(15-35)37-19-5-9-33-10-6-19)39-24(26(30,31)32)18-36-14-2-4-22(16-36)38-20-7-11-34-12-8-20/h5-12,21-24H,1-4,13-18H2/t21-,22-,23?,24?/m0/s1. The summed E-state index contributed by atoms with van der Waals surface area (Å²) in [5, 5.41) is 0. The summed E-state index contributed by atoms with van der Waals surface area (Å²) in [4.78, 5) is 10.7. The lowest BCUT2D eigenvalue weighted by Crippen LogP contribution is -2.54. The summed E-state index contributed by atoms with van der Waals surface area (Å²) in [6.45, 7) is -0.504. The van der Waals surface area contributed by atoms with Crippen molar-refractivity contribution >= 4 is 0 Å². The molecule has 2 aliphatic heterocycles. The summed E-state index contributed by atoms with van der Waals surface area (Å²) >= 11 is 0. The first-order chi connectivity index (χ1) is 18.6. The van der Waals surface area contributed by atoms with Crippen LogP contribution in [0.5, 0.6) is 11.5 Å². The van der Waals surface area contributed by atoms with Crippen molar-refractivity contribution < 1.29 is 40.6 Å². The van der Waals surface area contributed by atoms with Gasteiger partial charge in [-0.3, -0.25) is 19.8 Å². The van der Waals surface area contributed by atoms with Gasteiger partial charge >= 0.3 is 12.4 Å². The number of piperidine rings is 2. The Labute approximate surface area is 223 Å². The minimum atomic E-state index is -4.97. The van der Waals surface area contributed by atoms with Crippen LogP contribution in [0.25, 0.3) is 0 Å². The summed E-state index contributed by atoms with van der Waals surface area (Å²) in [6, 6.07) is 6.56. The Balaban J connectivity index is 1.37. The van der Waals surface area contributed by atoms with Gasteiger partial charge in [0.05, 0.1) is 0 Å². The van der Waals surface area contributed by atoms with Crippen LogP contribution in [0.2, 0.25) is 0 Å². The fraction of sp³-hybridized carbons (Fsp3) is 0.615. The number of hydrogen-bond acceptors (Lipinski definition) is 7. The number of likely N-dealkylation sites (tertiary alicyclic amines) is 2. The molecule has 0 bridgehead atoms. The molecule has 0 saturated carbocycles. The second kappa shape index (κ2) is 13.1. The molecule has 0 amide bonds. The van der Waals surface area contributed by atoms with E-state index in [9.17, 15) is 26.3 Å². The average Bonchev–Trinajstić information content (AvgIpc) is 2.88. The van der Waals surface area contributed by atoms with Gasteiger partial charge in [0, 0.05) is 51.0 Å². The van der Waals surface area contributed by atoms with Gasteiger partial charge in [0.25, 0.3) is 0 Å². The third-order valence-corrected chi connectivity index (χ3v) is 6.74. The smallest absolute Gasteiger partial charge is 0.415 e. The molecule has 2 aromatic rings. The molecule has 4 heterocycles. The molecule has 0 N–H and O–H groups in total. The Hall–Kier alpha value is -2.64. The van der Waals surface area contributed by atoms with Gasteiger partial charge in [-0.25, -0.2) is 0 Å². The number of nitrogens with zero attached hydrogens (tertiary/aromatic N) is 4.